The Morgan fingerprint density at radius 1 is 1.15 bits per heavy atom. The van der Waals surface area contributed by atoms with Crippen LogP contribution in [0.2, 0.25) is 0 Å². The van der Waals surface area contributed by atoms with E-state index in [0.29, 0.717) is 19.3 Å². The zero-order valence-electron chi connectivity index (χ0n) is 15.0. The predicted molar refractivity (Wildman–Crippen MR) is 91.2 cm³/mol. The summed E-state index contributed by atoms with van der Waals surface area (Å²) in [7, 11) is 0. The average molecular weight is 374 g/mol. The molecule has 0 bridgehead atoms. The molecule has 0 unspecified atom stereocenters. The molecule has 2 fully saturated rings. The molecule has 1 aliphatic carbocycles. The number of ether oxygens (including phenoxy) is 2. The smallest absolute Gasteiger partial charge is 0.303 e. The van der Waals surface area contributed by atoms with Gasteiger partial charge in [0, 0.05) is 6.42 Å². The summed E-state index contributed by atoms with van der Waals surface area (Å²) >= 11 is 0. The van der Waals surface area contributed by atoms with Crippen LogP contribution in [0.5, 0.6) is 0 Å². The third kappa shape index (κ3) is 5.03. The largest absolute Gasteiger partial charge is 0.481 e. The highest BCUT2D eigenvalue weighted by molar-refractivity contribution is 5.67. The first-order valence-electron chi connectivity index (χ1n) is 9.21. The predicted octanol–water partition coefficient (Wildman–Crippen LogP) is 0.0287. The summed E-state index contributed by atoms with van der Waals surface area (Å²) in [6.07, 6.45) is 0.0423. The third-order valence-corrected chi connectivity index (χ3v) is 5.31. The maximum atomic E-state index is 11.1. The van der Waals surface area contributed by atoms with Crippen molar-refractivity contribution in [2.24, 2.45) is 11.8 Å². The Morgan fingerprint density at radius 2 is 1.88 bits per heavy atom. The average Bonchev–Trinajstić information content (AvgIpc) is 2.96. The summed E-state index contributed by atoms with van der Waals surface area (Å²) in [5.41, 5.74) is 0. The van der Waals surface area contributed by atoms with Crippen LogP contribution in [-0.2, 0) is 14.3 Å². The molecule has 150 valence electrons. The number of rotatable bonds is 8. The van der Waals surface area contributed by atoms with E-state index in [2.05, 4.69) is 0 Å². The molecule has 0 radical (unpaired) electrons. The molecule has 2 aliphatic rings. The van der Waals surface area contributed by atoms with Crippen LogP contribution in [0.25, 0.3) is 0 Å². The van der Waals surface area contributed by atoms with Crippen LogP contribution < -0.4 is 0 Å². The topological polar surface area (TPSA) is 137 Å². The van der Waals surface area contributed by atoms with Crippen molar-refractivity contribution in [3.63, 3.8) is 0 Å². The summed E-state index contributed by atoms with van der Waals surface area (Å²) in [5.74, 6) is -0.932. The number of hydrogen-bond donors (Lipinski definition) is 5. The van der Waals surface area contributed by atoms with E-state index in [9.17, 15) is 25.2 Å². The molecule has 8 nitrogen and oxygen atoms in total. The van der Waals surface area contributed by atoms with Gasteiger partial charge in [-0.25, -0.2) is 0 Å². The monoisotopic (exact) mass is 374 g/mol. The van der Waals surface area contributed by atoms with Gasteiger partial charge in [0.15, 0.2) is 6.29 Å². The van der Waals surface area contributed by atoms with Gasteiger partial charge in [-0.1, -0.05) is 19.1 Å². The molecule has 8 atom stereocenters. The van der Waals surface area contributed by atoms with Crippen LogP contribution in [0.4, 0.5) is 0 Å². The molecular weight excluding hydrogens is 344 g/mol. The lowest BCUT2D eigenvalue weighted by Gasteiger charge is -2.41. The van der Waals surface area contributed by atoms with Crippen molar-refractivity contribution in [2.75, 3.05) is 6.61 Å². The van der Waals surface area contributed by atoms with Crippen LogP contribution in [0.1, 0.15) is 39.0 Å². The SMILES string of the molecule is CC/C=C\C[C@@H]1[C@@H](CC(=O)O)CC[C@H]1O[C@H]1O[C@@H](CO)[C@H](O)[C@@H](O)[C@@H]1O. The minimum Gasteiger partial charge on any atom is -0.481 e. The quantitative estimate of drug-likeness (QED) is 0.375. The van der Waals surface area contributed by atoms with Crippen molar-refractivity contribution in [3.05, 3.63) is 12.2 Å². The van der Waals surface area contributed by atoms with Crippen molar-refractivity contribution < 1.29 is 39.8 Å². The number of hydrogen-bond acceptors (Lipinski definition) is 7. The minimum absolute atomic E-state index is 0.0381. The van der Waals surface area contributed by atoms with Crippen molar-refractivity contribution >= 4 is 5.97 Å². The van der Waals surface area contributed by atoms with Gasteiger partial charge in [0.25, 0.3) is 0 Å². The van der Waals surface area contributed by atoms with Gasteiger partial charge in [0.2, 0.25) is 0 Å². The van der Waals surface area contributed by atoms with Gasteiger partial charge >= 0.3 is 5.97 Å². The number of aliphatic carboxylic acids is 1. The van der Waals surface area contributed by atoms with Crippen LogP contribution in [0.3, 0.4) is 0 Å². The molecule has 0 spiro atoms. The number of allylic oxidation sites excluding steroid dienone is 2. The molecule has 0 aromatic carbocycles. The summed E-state index contributed by atoms with van der Waals surface area (Å²) in [5, 5.41) is 48.3. The second kappa shape index (κ2) is 9.77. The van der Waals surface area contributed by atoms with Gasteiger partial charge in [0.1, 0.15) is 24.4 Å². The number of aliphatic hydroxyl groups excluding tert-OH is 4. The Hall–Kier alpha value is -1.03. The van der Waals surface area contributed by atoms with E-state index in [1.54, 1.807) is 0 Å². The molecule has 1 saturated carbocycles. The van der Waals surface area contributed by atoms with E-state index < -0.39 is 43.3 Å². The van der Waals surface area contributed by atoms with Gasteiger partial charge in [-0.15, -0.1) is 0 Å². The van der Waals surface area contributed by atoms with Crippen LogP contribution in [0, 0.1) is 11.8 Å². The Morgan fingerprint density at radius 3 is 2.50 bits per heavy atom. The molecule has 26 heavy (non-hydrogen) atoms. The molecule has 1 heterocycles. The molecule has 0 amide bonds. The summed E-state index contributed by atoms with van der Waals surface area (Å²) in [6, 6.07) is 0. The Labute approximate surface area is 153 Å². The maximum Gasteiger partial charge on any atom is 0.303 e. The molecular formula is C18H30O8. The molecule has 1 saturated heterocycles. The number of carboxylic acids is 1. The van der Waals surface area contributed by atoms with E-state index in [-0.39, 0.29) is 24.4 Å². The lowest BCUT2D eigenvalue weighted by molar-refractivity contribution is -0.313. The third-order valence-electron chi connectivity index (χ3n) is 5.31. The molecule has 1 aliphatic heterocycles. The Kier molecular flexibility index (Phi) is 8.00. The first-order chi connectivity index (χ1) is 12.4. The highest BCUT2D eigenvalue weighted by Gasteiger charge is 2.47. The van der Waals surface area contributed by atoms with E-state index in [0.717, 1.165) is 6.42 Å². The Balaban J connectivity index is 2.07. The molecule has 0 aromatic rings. The van der Waals surface area contributed by atoms with Crippen molar-refractivity contribution in [3.8, 4) is 0 Å². The van der Waals surface area contributed by atoms with Gasteiger partial charge in [-0.3, -0.25) is 4.79 Å². The summed E-state index contributed by atoms with van der Waals surface area (Å²) < 4.78 is 11.3. The van der Waals surface area contributed by atoms with Crippen LogP contribution >= 0.6 is 0 Å². The lowest BCUT2D eigenvalue weighted by atomic mass is 9.88. The highest BCUT2D eigenvalue weighted by atomic mass is 16.7. The lowest BCUT2D eigenvalue weighted by Crippen LogP contribution is -2.59. The van der Waals surface area contributed by atoms with E-state index >= 15 is 0 Å². The van der Waals surface area contributed by atoms with Gasteiger partial charge in [0.05, 0.1) is 12.7 Å². The Bertz CT molecular complexity index is 480. The van der Waals surface area contributed by atoms with E-state index in [1.165, 1.54) is 0 Å². The fourth-order valence-corrected chi connectivity index (χ4v) is 3.87. The van der Waals surface area contributed by atoms with Gasteiger partial charge in [-0.2, -0.15) is 0 Å². The second-order valence-electron chi connectivity index (χ2n) is 7.09. The minimum atomic E-state index is -1.49. The second-order valence-corrected chi connectivity index (χ2v) is 7.09. The van der Waals surface area contributed by atoms with Crippen molar-refractivity contribution in [1.29, 1.82) is 0 Å². The maximum absolute atomic E-state index is 11.1. The number of aliphatic hydroxyl groups is 4. The molecule has 2 rings (SSSR count). The normalized spacial score (nSPS) is 41.0. The summed E-state index contributed by atoms with van der Waals surface area (Å²) in [4.78, 5) is 11.1. The number of carboxylic acid groups (broad SMARTS) is 1. The number of carbonyl (C=O) groups is 1. The first kappa shape index (κ1) is 21.3. The van der Waals surface area contributed by atoms with E-state index in [4.69, 9.17) is 14.6 Å². The van der Waals surface area contributed by atoms with Crippen LogP contribution in [-0.4, -0.2) is 74.9 Å². The highest BCUT2D eigenvalue weighted by Crippen LogP contribution is 2.40. The zero-order valence-corrected chi connectivity index (χ0v) is 15.0. The molecule has 0 aromatic heterocycles. The summed E-state index contributed by atoms with van der Waals surface area (Å²) in [6.45, 7) is 1.50. The van der Waals surface area contributed by atoms with Crippen molar-refractivity contribution in [2.45, 2.75) is 75.8 Å². The molecule has 8 heteroatoms. The first-order valence-corrected chi connectivity index (χ1v) is 9.21. The fourth-order valence-electron chi connectivity index (χ4n) is 3.87. The van der Waals surface area contributed by atoms with Gasteiger partial charge < -0.3 is 35.0 Å². The molecule has 5 N–H and O–H groups in total. The van der Waals surface area contributed by atoms with Gasteiger partial charge in [-0.05, 0) is 37.5 Å². The van der Waals surface area contributed by atoms with Crippen LogP contribution in [0.15, 0.2) is 12.2 Å². The van der Waals surface area contributed by atoms with Crippen molar-refractivity contribution in [1.82, 2.24) is 0 Å². The standard InChI is InChI=1S/C18H30O8/c1-2-3-4-5-11-10(8-14(20)21)6-7-12(11)25-18-17(24)16(23)15(22)13(9-19)26-18/h3-4,10-13,15-19,22-24H,2,5-9H2,1H3,(H,20,21)/b4-3-/t10-,11-,12-,13+,15+,16-,17+,18+/m1/s1. The zero-order chi connectivity index (χ0) is 19.3. The fraction of sp³-hybridized carbons (Fsp3) is 0.833. The van der Waals surface area contributed by atoms with E-state index in [1.807, 2.05) is 19.1 Å².